The number of nitrogens with one attached hydrogen (secondary N) is 2. The number of nitrogens with two attached hydrogens (primary N) is 1. The highest BCUT2D eigenvalue weighted by atomic mass is 127. The van der Waals surface area contributed by atoms with Gasteiger partial charge in [-0.2, -0.15) is 0 Å². The second-order valence-corrected chi connectivity index (χ2v) is 1.94. The predicted molar refractivity (Wildman–Crippen MR) is 51.2 cm³/mol. The number of hydrogen-bond acceptors (Lipinski definition) is 2. The van der Waals surface area contributed by atoms with Gasteiger partial charge in [-0.1, -0.05) is 0 Å². The van der Waals surface area contributed by atoms with Crippen molar-refractivity contribution in [2.45, 2.75) is 0 Å². The number of guanidine groups is 2. The topological polar surface area (TPSA) is 74.8 Å². The summed E-state index contributed by atoms with van der Waals surface area (Å²) < 4.78 is 2.76. The van der Waals surface area contributed by atoms with Crippen LogP contribution in [-0.2, 0) is 0 Å². The van der Waals surface area contributed by atoms with E-state index < -0.39 is 0 Å². The monoisotopic (exact) mass is 255 g/mol. The summed E-state index contributed by atoms with van der Waals surface area (Å²) in [6.45, 7) is 0. The van der Waals surface area contributed by atoms with Gasteiger partial charge in [-0.15, -0.1) is 0 Å². The Kier molecular flexibility index (Phi) is 4.99. The molecule has 58 valence electrons. The van der Waals surface area contributed by atoms with E-state index in [2.05, 4.69) is 18.8 Å². The lowest BCUT2D eigenvalue weighted by Crippen LogP contribution is -2.41. The van der Waals surface area contributed by atoms with Gasteiger partial charge in [0.1, 0.15) is 0 Å². The van der Waals surface area contributed by atoms with Gasteiger partial charge in [-0.25, -0.2) is 0 Å². The van der Waals surface area contributed by atoms with Gasteiger partial charge in [0.15, 0.2) is 5.96 Å². The number of rotatable bonds is 0. The highest BCUT2D eigenvalue weighted by Crippen LogP contribution is 1.71. The van der Waals surface area contributed by atoms with Gasteiger partial charge in [0, 0.05) is 14.1 Å². The van der Waals surface area contributed by atoms with Crippen LogP contribution in [0, 0.1) is 0 Å². The molecule has 0 rings (SSSR count). The van der Waals surface area contributed by atoms with Crippen LogP contribution in [0.1, 0.15) is 0 Å². The zero-order valence-electron chi connectivity index (χ0n) is 5.85. The van der Waals surface area contributed by atoms with Crippen LogP contribution in [0.5, 0.6) is 0 Å². The summed E-state index contributed by atoms with van der Waals surface area (Å²) in [5.41, 5.74) is 5.34. The minimum atomic E-state index is 0.338. The average molecular weight is 255 g/mol. The minimum absolute atomic E-state index is 0.338. The number of hydrogen-bond donors (Lipinski definition) is 3. The molecular weight excluding hydrogens is 245 g/mol. The largest absolute Gasteiger partial charge is 0.370 e. The summed E-state index contributed by atoms with van der Waals surface area (Å²) in [4.78, 5) is 7.50. The molecule has 0 atom stereocenters. The van der Waals surface area contributed by atoms with Crippen molar-refractivity contribution in [1.82, 2.24) is 8.85 Å². The van der Waals surface area contributed by atoms with Gasteiger partial charge in [0.2, 0.25) is 5.96 Å². The van der Waals surface area contributed by atoms with Gasteiger partial charge in [-0.3, -0.25) is 18.8 Å². The third-order valence-corrected chi connectivity index (χ3v) is 1.31. The van der Waals surface area contributed by atoms with Gasteiger partial charge in [0.05, 0.1) is 22.9 Å². The fraction of sp³-hybridized carbons (Fsp3) is 0.500. The van der Waals surface area contributed by atoms with Crippen LogP contribution in [-0.4, -0.2) is 26.0 Å². The van der Waals surface area contributed by atoms with Crippen LogP contribution in [0.2, 0.25) is 0 Å². The summed E-state index contributed by atoms with van der Waals surface area (Å²) in [6, 6.07) is 0. The lowest BCUT2D eigenvalue weighted by molar-refractivity contribution is 1.18. The summed E-state index contributed by atoms with van der Waals surface area (Å²) in [5.74, 6) is 0.925. The maximum atomic E-state index is 5.34. The fourth-order valence-electron chi connectivity index (χ4n) is 0.299. The first kappa shape index (κ1) is 9.47. The first-order valence-corrected chi connectivity index (χ1v) is 3.65. The Labute approximate surface area is 73.7 Å². The van der Waals surface area contributed by atoms with Gasteiger partial charge in [-0.05, 0) is 0 Å². The molecule has 0 bridgehead atoms. The predicted octanol–water partition coefficient (Wildman–Crippen LogP) is -0.554. The molecule has 0 amide bonds. The highest BCUT2D eigenvalue weighted by molar-refractivity contribution is 14.1. The van der Waals surface area contributed by atoms with Crippen molar-refractivity contribution in [3.05, 3.63) is 0 Å². The van der Waals surface area contributed by atoms with Crippen LogP contribution >= 0.6 is 22.9 Å². The zero-order chi connectivity index (χ0) is 7.98. The summed E-state index contributed by atoms with van der Waals surface area (Å²) in [5, 5.41) is 2.73. The van der Waals surface area contributed by atoms with Crippen molar-refractivity contribution in [2.75, 3.05) is 14.1 Å². The normalized spacial score (nSPS) is 13.1. The molecule has 4 N–H and O–H groups in total. The maximum absolute atomic E-state index is 5.34. The Bertz CT molecular complexity index is 152. The van der Waals surface area contributed by atoms with E-state index in [1.165, 1.54) is 0 Å². The molecule has 6 heteroatoms. The van der Waals surface area contributed by atoms with Crippen LogP contribution < -0.4 is 14.6 Å². The third-order valence-electron chi connectivity index (χ3n) is 0.800. The van der Waals surface area contributed by atoms with Crippen LogP contribution in [0.15, 0.2) is 9.98 Å². The van der Waals surface area contributed by atoms with E-state index in [4.69, 9.17) is 5.73 Å². The molecule has 10 heavy (non-hydrogen) atoms. The molecule has 0 saturated heterocycles. The fourth-order valence-corrected chi connectivity index (χ4v) is 0.675. The molecule has 0 spiro atoms. The summed E-state index contributed by atoms with van der Waals surface area (Å²) in [6.07, 6.45) is 0. The molecule has 0 aliphatic heterocycles. The van der Waals surface area contributed by atoms with Crippen molar-refractivity contribution in [1.29, 1.82) is 0 Å². The Balaban J connectivity index is 3.88. The van der Waals surface area contributed by atoms with Crippen molar-refractivity contribution in [3.63, 3.8) is 0 Å². The smallest absolute Gasteiger partial charge is 0.206 e. The van der Waals surface area contributed by atoms with E-state index in [9.17, 15) is 0 Å². The molecule has 0 aromatic rings. The van der Waals surface area contributed by atoms with E-state index in [-0.39, 0.29) is 0 Å². The van der Waals surface area contributed by atoms with E-state index in [1.54, 1.807) is 14.1 Å². The second kappa shape index (κ2) is 5.27. The molecule has 0 aliphatic carbocycles. The van der Waals surface area contributed by atoms with Crippen molar-refractivity contribution >= 4 is 34.8 Å². The zero-order valence-corrected chi connectivity index (χ0v) is 8.01. The Morgan fingerprint density at radius 2 is 2.00 bits per heavy atom. The molecular formula is C4H10IN5. The molecule has 0 saturated carbocycles. The van der Waals surface area contributed by atoms with E-state index in [0.29, 0.717) is 11.9 Å². The van der Waals surface area contributed by atoms with Gasteiger partial charge < -0.3 is 5.73 Å². The quantitative estimate of drug-likeness (QED) is 0.235. The highest BCUT2D eigenvalue weighted by Gasteiger charge is 1.93. The van der Waals surface area contributed by atoms with E-state index in [0.717, 1.165) is 0 Å². The first-order valence-electron chi connectivity index (χ1n) is 2.57. The van der Waals surface area contributed by atoms with Crippen LogP contribution in [0.3, 0.4) is 0 Å². The van der Waals surface area contributed by atoms with Gasteiger partial charge >= 0.3 is 0 Å². The molecule has 0 aromatic heterocycles. The SMILES string of the molecule is CN=C(N)NC(=NC)NI. The van der Waals surface area contributed by atoms with Crippen molar-refractivity contribution < 1.29 is 0 Å². The molecule has 0 radical (unpaired) electrons. The summed E-state index contributed by atoms with van der Waals surface area (Å²) >= 11 is 1.95. The second-order valence-electron chi connectivity index (χ2n) is 1.40. The molecule has 0 unspecified atom stereocenters. The lowest BCUT2D eigenvalue weighted by atomic mass is 10.8. The number of halogens is 1. The van der Waals surface area contributed by atoms with Crippen molar-refractivity contribution in [2.24, 2.45) is 15.7 Å². The Morgan fingerprint density at radius 1 is 1.40 bits per heavy atom. The first-order chi connectivity index (χ1) is 4.74. The third kappa shape index (κ3) is 3.49. The number of aliphatic imine (C=N–C) groups is 2. The van der Waals surface area contributed by atoms with Crippen LogP contribution in [0.25, 0.3) is 0 Å². The number of nitrogens with zero attached hydrogens (tertiary/aromatic N) is 2. The van der Waals surface area contributed by atoms with E-state index >= 15 is 0 Å². The molecule has 0 aromatic carbocycles. The van der Waals surface area contributed by atoms with E-state index in [1.807, 2.05) is 22.9 Å². The van der Waals surface area contributed by atoms with Gasteiger partial charge in [0.25, 0.3) is 0 Å². The molecule has 0 aliphatic rings. The average Bonchev–Trinajstić information content (AvgIpc) is 1.99. The minimum Gasteiger partial charge on any atom is -0.370 e. The van der Waals surface area contributed by atoms with Crippen LogP contribution in [0.4, 0.5) is 0 Å². The molecule has 0 heterocycles. The maximum Gasteiger partial charge on any atom is 0.206 e. The van der Waals surface area contributed by atoms with Crippen molar-refractivity contribution in [3.8, 4) is 0 Å². The standard InChI is InChI=1S/C4H10IN5/c1-7-3(6)9-4(8-2)10-5/h1-2H3,(H4,6,7,8,9,10). The molecule has 5 nitrogen and oxygen atoms in total. The Morgan fingerprint density at radius 3 is 2.30 bits per heavy atom. The molecule has 0 fully saturated rings. The Hall–Kier alpha value is -0.530. The lowest BCUT2D eigenvalue weighted by Gasteiger charge is -2.04. The summed E-state index contributed by atoms with van der Waals surface area (Å²) in [7, 11) is 3.25.